The van der Waals surface area contributed by atoms with Crippen molar-refractivity contribution in [2.45, 2.75) is 51.1 Å². The third kappa shape index (κ3) is 2.72. The van der Waals surface area contributed by atoms with E-state index in [1.165, 1.54) is 19.4 Å². The van der Waals surface area contributed by atoms with Crippen LogP contribution >= 0.6 is 0 Å². The van der Waals surface area contributed by atoms with Crippen LogP contribution in [0.2, 0.25) is 0 Å². The van der Waals surface area contributed by atoms with Gasteiger partial charge in [-0.3, -0.25) is 4.90 Å². The van der Waals surface area contributed by atoms with E-state index in [4.69, 9.17) is 0 Å². The summed E-state index contributed by atoms with van der Waals surface area (Å²) in [5, 5.41) is 11.6. The number of rotatable bonds is 3. The number of nitrogens with zero attached hydrogens (tertiary/aromatic N) is 6. The van der Waals surface area contributed by atoms with Crippen LogP contribution in [0.15, 0.2) is 12.1 Å². The highest BCUT2D eigenvalue weighted by Crippen LogP contribution is 2.27. The molecule has 0 amide bonds. The minimum Gasteiger partial charge on any atom is -0.355 e. The molecule has 4 rings (SSSR count). The van der Waals surface area contributed by atoms with Gasteiger partial charge in [-0.1, -0.05) is 0 Å². The van der Waals surface area contributed by atoms with Crippen LogP contribution in [0.5, 0.6) is 0 Å². The summed E-state index contributed by atoms with van der Waals surface area (Å²) in [6.45, 7) is 5.32. The number of likely N-dealkylation sites (tertiary alicyclic amines) is 1. The summed E-state index contributed by atoms with van der Waals surface area (Å²) in [6, 6.07) is 4.86. The molecule has 0 N–H and O–H groups in total. The van der Waals surface area contributed by atoms with Crippen molar-refractivity contribution in [2.75, 3.05) is 24.5 Å². The Bertz CT molecular complexity index is 710. The zero-order valence-electron chi connectivity index (χ0n) is 13.8. The molecule has 4 heterocycles. The van der Waals surface area contributed by atoms with Gasteiger partial charge in [-0.25, -0.2) is 8.78 Å². The molecule has 0 bridgehead atoms. The van der Waals surface area contributed by atoms with Crippen LogP contribution in [0.3, 0.4) is 0 Å². The van der Waals surface area contributed by atoms with E-state index in [1.807, 2.05) is 6.07 Å². The third-order valence-corrected chi connectivity index (χ3v) is 5.33. The number of fused-ring (bicyclic) bond motifs is 1. The Labute approximate surface area is 139 Å². The standard InChI is InChI=1S/C16H22F2N6/c1-11-3-2-8-23(11)12-6-9-22(10-7-12)14-5-4-13-19-20-16(15(17)18)24(13)21-14/h4-5,11-12,15H,2-3,6-10H2,1H3. The molecule has 0 aliphatic carbocycles. The Morgan fingerprint density at radius 2 is 1.88 bits per heavy atom. The van der Waals surface area contributed by atoms with Crippen LogP contribution in [0.4, 0.5) is 14.6 Å². The lowest BCUT2D eigenvalue weighted by molar-refractivity contribution is 0.137. The molecule has 0 radical (unpaired) electrons. The predicted octanol–water partition coefficient (Wildman–Crippen LogP) is 2.52. The van der Waals surface area contributed by atoms with Crippen molar-refractivity contribution in [3.8, 4) is 0 Å². The minimum atomic E-state index is -2.68. The molecule has 6 nitrogen and oxygen atoms in total. The smallest absolute Gasteiger partial charge is 0.299 e. The molecule has 2 aromatic heterocycles. The number of hydrogen-bond donors (Lipinski definition) is 0. The first-order chi connectivity index (χ1) is 11.6. The zero-order valence-corrected chi connectivity index (χ0v) is 13.8. The Kier molecular flexibility index (Phi) is 4.07. The number of piperidine rings is 1. The molecule has 0 saturated carbocycles. The second-order valence-corrected chi connectivity index (χ2v) is 6.77. The summed E-state index contributed by atoms with van der Waals surface area (Å²) in [5.74, 6) is 0.324. The molecule has 2 fully saturated rings. The minimum absolute atomic E-state index is 0.356. The van der Waals surface area contributed by atoms with E-state index in [0.29, 0.717) is 17.7 Å². The normalized spacial score (nSPS) is 23.7. The first-order valence-electron chi connectivity index (χ1n) is 8.64. The topological polar surface area (TPSA) is 49.6 Å². The Morgan fingerprint density at radius 1 is 1.08 bits per heavy atom. The maximum absolute atomic E-state index is 13.0. The molecule has 24 heavy (non-hydrogen) atoms. The summed E-state index contributed by atoms with van der Waals surface area (Å²) in [7, 11) is 0. The average Bonchev–Trinajstić information content (AvgIpc) is 3.20. The number of aromatic nitrogens is 4. The van der Waals surface area contributed by atoms with E-state index in [-0.39, 0.29) is 0 Å². The molecule has 2 saturated heterocycles. The largest absolute Gasteiger partial charge is 0.355 e. The van der Waals surface area contributed by atoms with Gasteiger partial charge in [0.15, 0.2) is 5.65 Å². The molecule has 0 spiro atoms. The van der Waals surface area contributed by atoms with Gasteiger partial charge < -0.3 is 4.90 Å². The zero-order chi connectivity index (χ0) is 16.7. The van der Waals surface area contributed by atoms with Crippen molar-refractivity contribution in [3.05, 3.63) is 18.0 Å². The lowest BCUT2D eigenvalue weighted by Gasteiger charge is -2.39. The summed E-state index contributed by atoms with van der Waals surface area (Å²) < 4.78 is 27.1. The van der Waals surface area contributed by atoms with Gasteiger partial charge in [0.1, 0.15) is 5.82 Å². The van der Waals surface area contributed by atoms with Crippen molar-refractivity contribution < 1.29 is 8.78 Å². The fourth-order valence-electron chi connectivity index (χ4n) is 4.03. The first-order valence-corrected chi connectivity index (χ1v) is 8.64. The van der Waals surface area contributed by atoms with E-state index in [9.17, 15) is 8.78 Å². The maximum atomic E-state index is 13.0. The summed E-state index contributed by atoms with van der Waals surface area (Å²) in [5.41, 5.74) is 0.356. The molecule has 8 heteroatoms. The van der Waals surface area contributed by atoms with E-state index in [0.717, 1.165) is 36.3 Å². The van der Waals surface area contributed by atoms with Crippen molar-refractivity contribution in [1.29, 1.82) is 0 Å². The number of alkyl halides is 2. The quantitative estimate of drug-likeness (QED) is 0.862. The fourth-order valence-corrected chi connectivity index (χ4v) is 4.03. The van der Waals surface area contributed by atoms with E-state index >= 15 is 0 Å². The van der Waals surface area contributed by atoms with Crippen LogP contribution < -0.4 is 4.90 Å². The summed E-state index contributed by atoms with van der Waals surface area (Å²) >= 11 is 0. The monoisotopic (exact) mass is 336 g/mol. The average molecular weight is 336 g/mol. The number of halogens is 2. The van der Waals surface area contributed by atoms with Crippen LogP contribution in [-0.4, -0.2) is 56.4 Å². The van der Waals surface area contributed by atoms with Gasteiger partial charge in [-0.05, 0) is 51.3 Å². The van der Waals surface area contributed by atoms with Gasteiger partial charge in [0.05, 0.1) is 0 Å². The molecule has 2 aliphatic rings. The van der Waals surface area contributed by atoms with Crippen LogP contribution in [0.1, 0.15) is 44.9 Å². The van der Waals surface area contributed by atoms with E-state index in [1.54, 1.807) is 6.07 Å². The SMILES string of the molecule is CC1CCCN1C1CCN(c2ccc3nnc(C(F)F)n3n2)CC1. The van der Waals surface area contributed by atoms with Gasteiger partial charge in [-0.15, -0.1) is 15.3 Å². The lowest BCUT2D eigenvalue weighted by Crippen LogP contribution is -2.46. The number of anilines is 1. The molecule has 0 aromatic carbocycles. The van der Waals surface area contributed by atoms with Gasteiger partial charge in [0.25, 0.3) is 6.43 Å². The maximum Gasteiger partial charge on any atom is 0.299 e. The Hall–Kier alpha value is -1.83. The highest BCUT2D eigenvalue weighted by atomic mass is 19.3. The van der Waals surface area contributed by atoms with Gasteiger partial charge in [-0.2, -0.15) is 4.52 Å². The second kappa shape index (κ2) is 6.23. The first kappa shape index (κ1) is 15.7. The van der Waals surface area contributed by atoms with Gasteiger partial charge in [0, 0.05) is 25.2 Å². The van der Waals surface area contributed by atoms with Gasteiger partial charge in [0.2, 0.25) is 5.82 Å². The summed E-state index contributed by atoms with van der Waals surface area (Å²) in [4.78, 5) is 4.80. The van der Waals surface area contributed by atoms with Crippen molar-refractivity contribution >= 4 is 11.5 Å². The Morgan fingerprint density at radius 3 is 2.54 bits per heavy atom. The molecule has 1 atom stereocenters. The van der Waals surface area contributed by atoms with Crippen LogP contribution in [-0.2, 0) is 0 Å². The predicted molar refractivity (Wildman–Crippen MR) is 86.4 cm³/mol. The van der Waals surface area contributed by atoms with E-state index < -0.39 is 12.2 Å². The molecule has 2 aromatic rings. The van der Waals surface area contributed by atoms with Crippen molar-refractivity contribution in [1.82, 2.24) is 24.7 Å². The molecule has 130 valence electrons. The molecule has 1 unspecified atom stereocenters. The third-order valence-electron chi connectivity index (χ3n) is 5.33. The fraction of sp³-hybridized carbons (Fsp3) is 0.688. The highest BCUT2D eigenvalue weighted by Gasteiger charge is 2.31. The molecule has 2 aliphatic heterocycles. The highest BCUT2D eigenvalue weighted by molar-refractivity contribution is 5.46. The molecular formula is C16H22F2N6. The van der Waals surface area contributed by atoms with E-state index in [2.05, 4.69) is 32.0 Å². The van der Waals surface area contributed by atoms with Gasteiger partial charge >= 0.3 is 0 Å². The number of hydrogen-bond acceptors (Lipinski definition) is 5. The Balaban J connectivity index is 1.49. The molecular weight excluding hydrogens is 314 g/mol. The second-order valence-electron chi connectivity index (χ2n) is 6.77. The van der Waals surface area contributed by atoms with Crippen molar-refractivity contribution in [2.24, 2.45) is 0 Å². The van der Waals surface area contributed by atoms with Crippen LogP contribution in [0, 0.1) is 0 Å². The van der Waals surface area contributed by atoms with Crippen molar-refractivity contribution in [3.63, 3.8) is 0 Å². The lowest BCUT2D eigenvalue weighted by atomic mass is 10.0. The van der Waals surface area contributed by atoms with Crippen LogP contribution in [0.25, 0.3) is 5.65 Å². The summed E-state index contributed by atoms with van der Waals surface area (Å²) in [6.07, 6.45) is 2.10.